The molecule has 1 fully saturated rings. The first-order valence-corrected chi connectivity index (χ1v) is 7.34. The van der Waals surface area contributed by atoms with Gasteiger partial charge in [0.25, 0.3) is 0 Å². The molecule has 1 atom stereocenters. The summed E-state index contributed by atoms with van der Waals surface area (Å²) in [6, 6.07) is 0. The molecule has 0 aliphatic carbocycles. The molecular weight excluding hydrogens is 266 g/mol. The van der Waals surface area contributed by atoms with Gasteiger partial charge >= 0.3 is 0 Å². The molecule has 0 radical (unpaired) electrons. The van der Waals surface area contributed by atoms with Crippen molar-refractivity contribution in [2.24, 2.45) is 0 Å². The number of aromatic amines is 2. The van der Waals surface area contributed by atoms with Crippen LogP contribution in [0.5, 0.6) is 0 Å². The van der Waals surface area contributed by atoms with E-state index >= 15 is 0 Å². The average Bonchev–Trinajstić information content (AvgIpc) is 3.15. The van der Waals surface area contributed by atoms with E-state index in [0.717, 1.165) is 36.5 Å². The minimum absolute atomic E-state index is 0.183. The van der Waals surface area contributed by atoms with Crippen LogP contribution in [0.4, 0.5) is 0 Å². The maximum absolute atomic E-state index is 12.5. The van der Waals surface area contributed by atoms with Crippen molar-refractivity contribution >= 4 is 5.91 Å². The number of nitrogens with zero attached hydrogens (tertiary/aromatic N) is 3. The maximum Gasteiger partial charge on any atom is 0.227 e. The van der Waals surface area contributed by atoms with Crippen molar-refractivity contribution in [2.75, 3.05) is 13.1 Å². The van der Waals surface area contributed by atoms with Gasteiger partial charge in [0.2, 0.25) is 5.91 Å². The molecular formula is C15H21N5O. The van der Waals surface area contributed by atoms with Crippen molar-refractivity contribution in [3.8, 4) is 0 Å². The molecule has 1 aliphatic heterocycles. The van der Waals surface area contributed by atoms with E-state index in [0.29, 0.717) is 12.3 Å². The number of carbonyl (C=O) groups excluding carboxylic acids is 1. The first-order valence-electron chi connectivity index (χ1n) is 7.34. The van der Waals surface area contributed by atoms with Gasteiger partial charge in [-0.1, -0.05) is 0 Å². The topological polar surface area (TPSA) is 77.7 Å². The Kier molecular flexibility index (Phi) is 3.53. The number of H-pyrrole nitrogens is 2. The molecule has 6 heteroatoms. The van der Waals surface area contributed by atoms with E-state index in [4.69, 9.17) is 0 Å². The summed E-state index contributed by atoms with van der Waals surface area (Å²) in [5.41, 5.74) is 5.28. The highest BCUT2D eigenvalue weighted by Crippen LogP contribution is 2.28. The molecule has 0 bridgehead atoms. The highest BCUT2D eigenvalue weighted by atomic mass is 16.2. The first kappa shape index (κ1) is 13.9. The largest absolute Gasteiger partial charge is 0.342 e. The first-order chi connectivity index (χ1) is 10.1. The van der Waals surface area contributed by atoms with Crippen LogP contribution in [-0.4, -0.2) is 44.3 Å². The van der Waals surface area contributed by atoms with Crippen LogP contribution in [0.15, 0.2) is 6.20 Å². The van der Waals surface area contributed by atoms with Crippen molar-refractivity contribution in [3.63, 3.8) is 0 Å². The number of likely N-dealkylation sites (tertiary alicyclic amines) is 1. The normalized spacial score (nSPS) is 18.4. The predicted octanol–water partition coefficient (Wildman–Crippen LogP) is 1.62. The molecule has 21 heavy (non-hydrogen) atoms. The van der Waals surface area contributed by atoms with Crippen LogP contribution in [-0.2, 0) is 11.2 Å². The van der Waals surface area contributed by atoms with Crippen LogP contribution in [0.1, 0.15) is 40.5 Å². The highest BCUT2D eigenvalue weighted by Gasteiger charge is 2.29. The smallest absolute Gasteiger partial charge is 0.227 e. The second kappa shape index (κ2) is 5.35. The van der Waals surface area contributed by atoms with Crippen molar-refractivity contribution in [2.45, 2.75) is 39.5 Å². The van der Waals surface area contributed by atoms with Crippen molar-refractivity contribution in [1.29, 1.82) is 0 Å². The minimum atomic E-state index is 0.183. The summed E-state index contributed by atoms with van der Waals surface area (Å²) in [7, 11) is 0. The minimum Gasteiger partial charge on any atom is -0.342 e. The maximum atomic E-state index is 12.5. The number of rotatable bonds is 3. The Morgan fingerprint density at radius 2 is 2.19 bits per heavy atom. The second-order valence-corrected chi connectivity index (χ2v) is 5.88. The summed E-state index contributed by atoms with van der Waals surface area (Å²) >= 11 is 0. The summed E-state index contributed by atoms with van der Waals surface area (Å²) in [5.74, 6) is 0.560. The lowest BCUT2D eigenvalue weighted by Gasteiger charge is -2.16. The van der Waals surface area contributed by atoms with Gasteiger partial charge in [-0.3, -0.25) is 15.0 Å². The fraction of sp³-hybridized carbons (Fsp3) is 0.533. The van der Waals surface area contributed by atoms with Gasteiger partial charge in [0.15, 0.2) is 0 Å². The van der Waals surface area contributed by atoms with E-state index in [-0.39, 0.29) is 5.91 Å². The van der Waals surface area contributed by atoms with Gasteiger partial charge in [0.1, 0.15) is 0 Å². The summed E-state index contributed by atoms with van der Waals surface area (Å²) in [5, 5.41) is 14.2. The Bertz CT molecular complexity index is 637. The van der Waals surface area contributed by atoms with Gasteiger partial charge in [0.05, 0.1) is 18.3 Å². The number of amides is 1. The van der Waals surface area contributed by atoms with Gasteiger partial charge in [-0.2, -0.15) is 10.2 Å². The van der Waals surface area contributed by atoms with E-state index in [2.05, 4.69) is 27.3 Å². The number of aryl methyl sites for hydroxylation is 3. The summed E-state index contributed by atoms with van der Waals surface area (Å²) in [6.45, 7) is 7.55. The van der Waals surface area contributed by atoms with Crippen LogP contribution in [0.3, 0.4) is 0 Å². The Balaban J connectivity index is 1.66. The van der Waals surface area contributed by atoms with E-state index in [9.17, 15) is 4.79 Å². The molecule has 112 valence electrons. The molecule has 6 nitrogen and oxygen atoms in total. The van der Waals surface area contributed by atoms with E-state index in [1.807, 2.05) is 24.9 Å². The van der Waals surface area contributed by atoms with E-state index in [1.165, 1.54) is 11.3 Å². The van der Waals surface area contributed by atoms with E-state index in [1.54, 1.807) is 0 Å². The monoisotopic (exact) mass is 287 g/mol. The molecule has 1 aliphatic rings. The van der Waals surface area contributed by atoms with Crippen molar-refractivity contribution in [3.05, 3.63) is 34.4 Å². The zero-order chi connectivity index (χ0) is 15.0. The van der Waals surface area contributed by atoms with Gasteiger partial charge in [-0.25, -0.2) is 0 Å². The van der Waals surface area contributed by atoms with E-state index < -0.39 is 0 Å². The Morgan fingerprint density at radius 1 is 1.38 bits per heavy atom. The average molecular weight is 287 g/mol. The highest BCUT2D eigenvalue weighted by molar-refractivity contribution is 5.79. The third-order valence-corrected chi connectivity index (χ3v) is 4.43. The lowest BCUT2D eigenvalue weighted by molar-refractivity contribution is -0.129. The summed E-state index contributed by atoms with van der Waals surface area (Å²) in [4.78, 5) is 14.4. The van der Waals surface area contributed by atoms with Crippen LogP contribution in [0, 0.1) is 20.8 Å². The lowest BCUT2D eigenvalue weighted by atomic mass is 10.0. The lowest BCUT2D eigenvalue weighted by Crippen LogP contribution is -2.30. The zero-order valence-corrected chi connectivity index (χ0v) is 12.7. The zero-order valence-electron chi connectivity index (χ0n) is 12.7. The molecule has 0 unspecified atom stereocenters. The number of hydrogen-bond donors (Lipinski definition) is 2. The molecule has 2 aromatic heterocycles. The molecule has 1 amide bonds. The molecule has 2 aromatic rings. The van der Waals surface area contributed by atoms with Crippen molar-refractivity contribution < 1.29 is 4.79 Å². The second-order valence-electron chi connectivity index (χ2n) is 5.88. The standard InChI is InChI=1S/C15H21N5O/c1-9-7-16-19-15(9)12-4-5-20(8-12)14(21)6-13-10(2)17-18-11(13)3/h7,12H,4-6,8H2,1-3H3,(H,16,19)(H,17,18)/t12-/m1/s1. The SMILES string of the molecule is Cc1cn[nH]c1[C@@H]1CCN(C(=O)Cc2c(C)n[nH]c2C)C1. The van der Waals surface area contributed by atoms with Crippen LogP contribution >= 0.6 is 0 Å². The third-order valence-electron chi connectivity index (χ3n) is 4.43. The number of hydrogen-bond acceptors (Lipinski definition) is 3. The number of aromatic nitrogens is 4. The third kappa shape index (κ3) is 2.57. The molecule has 0 saturated carbocycles. The van der Waals surface area contributed by atoms with Crippen LogP contribution in [0.25, 0.3) is 0 Å². The Hall–Kier alpha value is -2.11. The van der Waals surface area contributed by atoms with Gasteiger partial charge in [-0.05, 0) is 32.8 Å². The molecule has 0 aromatic carbocycles. The Morgan fingerprint density at radius 3 is 2.81 bits per heavy atom. The quantitative estimate of drug-likeness (QED) is 0.900. The fourth-order valence-corrected chi connectivity index (χ4v) is 3.09. The summed E-state index contributed by atoms with van der Waals surface area (Å²) < 4.78 is 0. The molecule has 0 spiro atoms. The van der Waals surface area contributed by atoms with Gasteiger partial charge < -0.3 is 4.90 Å². The van der Waals surface area contributed by atoms with Gasteiger partial charge in [-0.15, -0.1) is 0 Å². The van der Waals surface area contributed by atoms with Crippen LogP contribution in [0.2, 0.25) is 0 Å². The molecule has 1 saturated heterocycles. The molecule has 3 heterocycles. The predicted molar refractivity (Wildman–Crippen MR) is 79.0 cm³/mol. The summed E-state index contributed by atoms with van der Waals surface area (Å²) in [6.07, 6.45) is 3.28. The van der Waals surface area contributed by atoms with Crippen LogP contribution < -0.4 is 0 Å². The van der Waals surface area contributed by atoms with Gasteiger partial charge in [0, 0.05) is 36.0 Å². The van der Waals surface area contributed by atoms with Crippen molar-refractivity contribution in [1.82, 2.24) is 25.3 Å². The molecule has 2 N–H and O–H groups in total. The number of nitrogens with one attached hydrogen (secondary N) is 2. The fourth-order valence-electron chi connectivity index (χ4n) is 3.09. The Labute approximate surface area is 123 Å². The number of carbonyl (C=O) groups is 1. The molecule has 3 rings (SSSR count).